The molecule has 0 spiro atoms. The second-order valence-electron chi connectivity index (χ2n) is 2.61. The number of benzene rings is 1. The molecule has 2 nitrogen and oxygen atoms in total. The van der Waals surface area contributed by atoms with Crippen molar-refractivity contribution in [3.05, 3.63) is 29.8 Å². The van der Waals surface area contributed by atoms with Crippen molar-refractivity contribution >= 4 is 16.8 Å². The van der Waals surface area contributed by atoms with Gasteiger partial charge in [0.2, 0.25) is 5.24 Å². The SMILES string of the molecule is CCOc1ccc(CC(=O)Cl)cc1. The first-order valence-corrected chi connectivity index (χ1v) is 4.50. The van der Waals surface area contributed by atoms with E-state index in [4.69, 9.17) is 16.3 Å². The number of halogens is 1. The fourth-order valence-electron chi connectivity index (χ4n) is 1.03. The summed E-state index contributed by atoms with van der Waals surface area (Å²) in [4.78, 5) is 10.6. The maximum atomic E-state index is 10.6. The van der Waals surface area contributed by atoms with Crippen LogP contribution in [0.5, 0.6) is 5.75 Å². The van der Waals surface area contributed by atoms with Crippen LogP contribution in [-0.4, -0.2) is 11.8 Å². The quantitative estimate of drug-likeness (QED) is 0.695. The molecule has 0 saturated heterocycles. The molecule has 0 bridgehead atoms. The van der Waals surface area contributed by atoms with E-state index in [1.165, 1.54) is 0 Å². The van der Waals surface area contributed by atoms with Crippen molar-refractivity contribution in [2.24, 2.45) is 0 Å². The molecular formula is C10H11ClO2. The van der Waals surface area contributed by atoms with Gasteiger partial charge in [-0.1, -0.05) is 12.1 Å². The molecule has 1 aromatic rings. The van der Waals surface area contributed by atoms with Crippen molar-refractivity contribution in [3.63, 3.8) is 0 Å². The van der Waals surface area contributed by atoms with Gasteiger partial charge in [-0.05, 0) is 36.2 Å². The predicted molar refractivity (Wildman–Crippen MR) is 52.2 cm³/mol. The largest absolute Gasteiger partial charge is 0.494 e. The summed E-state index contributed by atoms with van der Waals surface area (Å²) in [5.41, 5.74) is 0.906. The lowest BCUT2D eigenvalue weighted by Crippen LogP contribution is -1.94. The highest BCUT2D eigenvalue weighted by Gasteiger charge is 1.99. The molecule has 0 heterocycles. The Morgan fingerprint density at radius 3 is 2.46 bits per heavy atom. The Labute approximate surface area is 82.5 Å². The second-order valence-corrected chi connectivity index (χ2v) is 3.03. The van der Waals surface area contributed by atoms with Crippen LogP contribution < -0.4 is 4.74 Å². The van der Waals surface area contributed by atoms with Gasteiger partial charge in [-0.15, -0.1) is 0 Å². The molecule has 0 aliphatic carbocycles. The standard InChI is InChI=1S/C10H11ClO2/c1-2-13-9-5-3-8(4-6-9)7-10(11)12/h3-6H,2,7H2,1H3. The molecule has 13 heavy (non-hydrogen) atoms. The Hall–Kier alpha value is -1.02. The summed E-state index contributed by atoms with van der Waals surface area (Å²) in [7, 11) is 0. The molecule has 0 saturated carbocycles. The highest BCUT2D eigenvalue weighted by Crippen LogP contribution is 2.12. The molecule has 3 heteroatoms. The van der Waals surface area contributed by atoms with Crippen molar-refractivity contribution in [2.75, 3.05) is 6.61 Å². The number of carbonyl (C=O) groups is 1. The number of ether oxygens (including phenoxy) is 1. The normalized spacial score (nSPS) is 9.69. The van der Waals surface area contributed by atoms with Gasteiger partial charge in [0.25, 0.3) is 0 Å². The van der Waals surface area contributed by atoms with Gasteiger partial charge in [-0.2, -0.15) is 0 Å². The maximum Gasteiger partial charge on any atom is 0.226 e. The topological polar surface area (TPSA) is 26.3 Å². The molecule has 0 aliphatic rings. The molecule has 0 N–H and O–H groups in total. The second kappa shape index (κ2) is 4.87. The van der Waals surface area contributed by atoms with Crippen LogP contribution in [0.25, 0.3) is 0 Å². The molecule has 0 unspecified atom stereocenters. The minimum absolute atomic E-state index is 0.272. The van der Waals surface area contributed by atoms with E-state index in [1.54, 1.807) is 0 Å². The van der Waals surface area contributed by atoms with Crippen molar-refractivity contribution in [1.29, 1.82) is 0 Å². The van der Waals surface area contributed by atoms with Gasteiger partial charge in [-0.25, -0.2) is 0 Å². The zero-order valence-electron chi connectivity index (χ0n) is 7.42. The third-order valence-corrected chi connectivity index (χ3v) is 1.71. The minimum atomic E-state index is -0.343. The summed E-state index contributed by atoms with van der Waals surface area (Å²) < 4.78 is 5.25. The van der Waals surface area contributed by atoms with E-state index < -0.39 is 0 Å². The lowest BCUT2D eigenvalue weighted by atomic mass is 10.2. The van der Waals surface area contributed by atoms with Crippen molar-refractivity contribution in [1.82, 2.24) is 0 Å². The molecule has 0 fully saturated rings. The van der Waals surface area contributed by atoms with Crippen molar-refractivity contribution in [3.8, 4) is 5.75 Å². The van der Waals surface area contributed by atoms with Gasteiger partial charge in [-0.3, -0.25) is 4.79 Å². The first kappa shape index (κ1) is 10.1. The van der Waals surface area contributed by atoms with Crippen LogP contribution in [0.2, 0.25) is 0 Å². The number of hydrogen-bond donors (Lipinski definition) is 0. The molecule has 0 atom stereocenters. The van der Waals surface area contributed by atoms with E-state index >= 15 is 0 Å². The fraction of sp³-hybridized carbons (Fsp3) is 0.300. The molecule has 1 aromatic carbocycles. The highest BCUT2D eigenvalue weighted by atomic mass is 35.5. The van der Waals surface area contributed by atoms with Crippen molar-refractivity contribution in [2.45, 2.75) is 13.3 Å². The molecule has 0 radical (unpaired) electrons. The smallest absolute Gasteiger partial charge is 0.226 e. The van der Waals surface area contributed by atoms with E-state index in [0.717, 1.165) is 11.3 Å². The third kappa shape index (κ3) is 3.47. The summed E-state index contributed by atoms with van der Waals surface area (Å²) in [6.07, 6.45) is 0.272. The van der Waals surface area contributed by atoms with E-state index in [-0.39, 0.29) is 11.7 Å². The Balaban J connectivity index is 2.64. The number of carbonyl (C=O) groups excluding carboxylic acids is 1. The van der Waals surface area contributed by atoms with E-state index in [0.29, 0.717) is 6.61 Å². The lowest BCUT2D eigenvalue weighted by Gasteiger charge is -2.02. The molecule has 1 rings (SSSR count). The van der Waals surface area contributed by atoms with Gasteiger partial charge in [0.05, 0.1) is 6.61 Å². The number of hydrogen-bond acceptors (Lipinski definition) is 2. The Morgan fingerprint density at radius 1 is 1.38 bits per heavy atom. The summed E-state index contributed by atoms with van der Waals surface area (Å²) in [6.45, 7) is 2.57. The van der Waals surface area contributed by atoms with Gasteiger partial charge >= 0.3 is 0 Å². The van der Waals surface area contributed by atoms with Gasteiger partial charge in [0.1, 0.15) is 5.75 Å². The van der Waals surface area contributed by atoms with E-state index in [2.05, 4.69) is 0 Å². The van der Waals surface area contributed by atoms with Gasteiger partial charge in [0.15, 0.2) is 0 Å². The van der Waals surface area contributed by atoms with E-state index in [9.17, 15) is 4.79 Å². The Bertz CT molecular complexity index is 279. The van der Waals surface area contributed by atoms with Crippen LogP contribution in [0, 0.1) is 0 Å². The maximum absolute atomic E-state index is 10.6. The third-order valence-electron chi connectivity index (χ3n) is 1.58. The predicted octanol–water partition coefficient (Wildman–Crippen LogP) is 2.39. The highest BCUT2D eigenvalue weighted by molar-refractivity contribution is 6.63. The van der Waals surface area contributed by atoms with Crippen LogP contribution in [0.3, 0.4) is 0 Å². The van der Waals surface area contributed by atoms with Gasteiger partial charge in [0, 0.05) is 6.42 Å². The molecule has 0 aromatic heterocycles. The van der Waals surface area contributed by atoms with Crippen LogP contribution in [0.15, 0.2) is 24.3 Å². The lowest BCUT2D eigenvalue weighted by molar-refractivity contribution is -0.111. The first-order chi connectivity index (χ1) is 6.22. The average molecular weight is 199 g/mol. The van der Waals surface area contributed by atoms with Gasteiger partial charge < -0.3 is 4.74 Å². The Kier molecular flexibility index (Phi) is 3.77. The monoisotopic (exact) mass is 198 g/mol. The first-order valence-electron chi connectivity index (χ1n) is 4.12. The molecular weight excluding hydrogens is 188 g/mol. The summed E-state index contributed by atoms with van der Waals surface area (Å²) >= 11 is 5.24. The fourth-order valence-corrected chi connectivity index (χ4v) is 1.18. The number of rotatable bonds is 4. The summed E-state index contributed by atoms with van der Waals surface area (Å²) in [6, 6.07) is 7.34. The van der Waals surface area contributed by atoms with Crippen LogP contribution in [0.1, 0.15) is 12.5 Å². The van der Waals surface area contributed by atoms with Crippen molar-refractivity contribution < 1.29 is 9.53 Å². The van der Waals surface area contributed by atoms with Crippen LogP contribution in [0.4, 0.5) is 0 Å². The molecule has 0 aliphatic heterocycles. The molecule has 70 valence electrons. The van der Waals surface area contributed by atoms with Crippen LogP contribution in [-0.2, 0) is 11.2 Å². The summed E-state index contributed by atoms with van der Waals surface area (Å²) in [5.74, 6) is 0.813. The summed E-state index contributed by atoms with van der Waals surface area (Å²) in [5, 5.41) is -0.343. The minimum Gasteiger partial charge on any atom is -0.494 e. The average Bonchev–Trinajstić information content (AvgIpc) is 2.08. The molecule has 0 amide bonds. The zero-order valence-corrected chi connectivity index (χ0v) is 8.17. The van der Waals surface area contributed by atoms with E-state index in [1.807, 2.05) is 31.2 Å². The van der Waals surface area contributed by atoms with Crippen LogP contribution >= 0.6 is 11.6 Å². The Morgan fingerprint density at radius 2 is 2.00 bits per heavy atom. The zero-order chi connectivity index (χ0) is 9.68.